The molecular formula is C9H17N3O2. The molecule has 0 aromatic rings. The monoisotopic (exact) mass is 199 g/mol. The SMILES string of the molecule is CCC(C(=O)N1CCCC1)C(N)=NO. The van der Waals surface area contributed by atoms with Crippen molar-refractivity contribution in [3.8, 4) is 0 Å². The van der Waals surface area contributed by atoms with Crippen LogP contribution in [0.1, 0.15) is 26.2 Å². The average Bonchev–Trinajstić information content (AvgIpc) is 2.71. The van der Waals surface area contributed by atoms with Gasteiger partial charge in [-0.2, -0.15) is 0 Å². The van der Waals surface area contributed by atoms with E-state index in [-0.39, 0.29) is 11.7 Å². The molecule has 1 amide bonds. The van der Waals surface area contributed by atoms with Crippen molar-refractivity contribution in [3.05, 3.63) is 0 Å². The van der Waals surface area contributed by atoms with Gasteiger partial charge in [-0.05, 0) is 19.3 Å². The first-order chi connectivity index (χ1) is 6.70. The molecule has 14 heavy (non-hydrogen) atoms. The van der Waals surface area contributed by atoms with Gasteiger partial charge in [-0.1, -0.05) is 12.1 Å². The molecule has 1 heterocycles. The van der Waals surface area contributed by atoms with Gasteiger partial charge >= 0.3 is 0 Å². The number of amidine groups is 1. The molecule has 0 spiro atoms. The molecule has 0 saturated carbocycles. The molecule has 3 N–H and O–H groups in total. The summed E-state index contributed by atoms with van der Waals surface area (Å²) in [7, 11) is 0. The third-order valence-electron chi connectivity index (χ3n) is 2.60. The first-order valence-electron chi connectivity index (χ1n) is 4.97. The Balaban J connectivity index is 2.64. The van der Waals surface area contributed by atoms with E-state index in [1.165, 1.54) is 0 Å². The van der Waals surface area contributed by atoms with Crippen LogP contribution >= 0.6 is 0 Å². The lowest BCUT2D eigenvalue weighted by molar-refractivity contribution is -0.132. The molecular weight excluding hydrogens is 182 g/mol. The summed E-state index contributed by atoms with van der Waals surface area (Å²) in [6.45, 7) is 3.46. The summed E-state index contributed by atoms with van der Waals surface area (Å²) in [6, 6.07) is 0. The Labute approximate surface area is 83.6 Å². The van der Waals surface area contributed by atoms with Gasteiger partial charge in [0.05, 0.1) is 5.92 Å². The molecule has 1 aliphatic heterocycles. The summed E-state index contributed by atoms with van der Waals surface area (Å²) in [5, 5.41) is 11.4. The number of carbonyl (C=O) groups excluding carboxylic acids is 1. The maximum Gasteiger partial charge on any atom is 0.233 e. The molecule has 0 aromatic carbocycles. The fraction of sp³-hybridized carbons (Fsp3) is 0.778. The smallest absolute Gasteiger partial charge is 0.233 e. The summed E-state index contributed by atoms with van der Waals surface area (Å²) < 4.78 is 0. The average molecular weight is 199 g/mol. The topological polar surface area (TPSA) is 78.9 Å². The highest BCUT2D eigenvalue weighted by Gasteiger charge is 2.27. The molecule has 0 aliphatic carbocycles. The van der Waals surface area contributed by atoms with Crippen LogP contribution in [0.25, 0.3) is 0 Å². The number of oxime groups is 1. The van der Waals surface area contributed by atoms with Crippen LogP contribution in [0.3, 0.4) is 0 Å². The Morgan fingerprint density at radius 1 is 1.57 bits per heavy atom. The highest BCUT2D eigenvalue weighted by atomic mass is 16.4. The van der Waals surface area contributed by atoms with Crippen LogP contribution in [-0.2, 0) is 4.79 Å². The van der Waals surface area contributed by atoms with E-state index in [1.54, 1.807) is 4.90 Å². The van der Waals surface area contributed by atoms with Gasteiger partial charge in [-0.3, -0.25) is 4.79 Å². The normalized spacial score (nSPS) is 19.8. The molecule has 0 radical (unpaired) electrons. The zero-order valence-electron chi connectivity index (χ0n) is 8.44. The van der Waals surface area contributed by atoms with E-state index in [4.69, 9.17) is 10.9 Å². The van der Waals surface area contributed by atoms with Crippen molar-refractivity contribution in [2.24, 2.45) is 16.8 Å². The van der Waals surface area contributed by atoms with E-state index in [2.05, 4.69) is 5.16 Å². The second kappa shape index (κ2) is 4.83. The fourth-order valence-electron chi connectivity index (χ4n) is 1.74. The minimum atomic E-state index is -0.460. The van der Waals surface area contributed by atoms with Crippen molar-refractivity contribution in [1.82, 2.24) is 4.90 Å². The summed E-state index contributed by atoms with van der Waals surface area (Å²) in [6.07, 6.45) is 2.68. The zero-order valence-corrected chi connectivity index (χ0v) is 8.44. The second-order valence-corrected chi connectivity index (χ2v) is 3.52. The van der Waals surface area contributed by atoms with Gasteiger partial charge in [-0.25, -0.2) is 0 Å². The van der Waals surface area contributed by atoms with E-state index in [9.17, 15) is 4.79 Å². The van der Waals surface area contributed by atoms with E-state index in [0.717, 1.165) is 25.9 Å². The number of hydrogen-bond acceptors (Lipinski definition) is 3. The van der Waals surface area contributed by atoms with Gasteiger partial charge in [0.15, 0.2) is 5.84 Å². The second-order valence-electron chi connectivity index (χ2n) is 3.52. The van der Waals surface area contributed by atoms with Crippen molar-refractivity contribution >= 4 is 11.7 Å². The minimum Gasteiger partial charge on any atom is -0.409 e. The Hall–Kier alpha value is -1.26. The number of rotatable bonds is 3. The first-order valence-corrected chi connectivity index (χ1v) is 4.97. The number of likely N-dealkylation sites (tertiary alicyclic amines) is 1. The van der Waals surface area contributed by atoms with Crippen molar-refractivity contribution in [2.75, 3.05) is 13.1 Å². The highest BCUT2D eigenvalue weighted by Crippen LogP contribution is 2.14. The maximum atomic E-state index is 11.8. The summed E-state index contributed by atoms with van der Waals surface area (Å²) >= 11 is 0. The zero-order chi connectivity index (χ0) is 10.6. The lowest BCUT2D eigenvalue weighted by atomic mass is 10.0. The van der Waals surface area contributed by atoms with Gasteiger partial charge in [0.2, 0.25) is 5.91 Å². The minimum absolute atomic E-state index is 0.0136. The quantitative estimate of drug-likeness (QED) is 0.298. The Kier molecular flexibility index (Phi) is 3.73. The van der Waals surface area contributed by atoms with Crippen LogP contribution in [0.2, 0.25) is 0 Å². The number of nitrogens with zero attached hydrogens (tertiary/aromatic N) is 2. The lowest BCUT2D eigenvalue weighted by Gasteiger charge is -2.20. The first kappa shape index (κ1) is 10.8. The largest absolute Gasteiger partial charge is 0.409 e. The molecule has 1 atom stereocenters. The van der Waals surface area contributed by atoms with Crippen LogP contribution in [0, 0.1) is 5.92 Å². The number of amides is 1. The molecule has 5 nitrogen and oxygen atoms in total. The van der Waals surface area contributed by atoms with Gasteiger partial charge < -0.3 is 15.8 Å². The van der Waals surface area contributed by atoms with E-state index in [0.29, 0.717) is 6.42 Å². The number of nitrogens with two attached hydrogens (primary N) is 1. The van der Waals surface area contributed by atoms with Gasteiger partial charge in [0.1, 0.15) is 0 Å². The van der Waals surface area contributed by atoms with Crippen LogP contribution in [0.5, 0.6) is 0 Å². The molecule has 1 fully saturated rings. The van der Waals surface area contributed by atoms with Gasteiger partial charge in [-0.15, -0.1) is 0 Å². The maximum absolute atomic E-state index is 11.8. The summed E-state index contributed by atoms with van der Waals surface area (Å²) in [5.74, 6) is -0.456. The van der Waals surface area contributed by atoms with Crippen LogP contribution in [0.15, 0.2) is 5.16 Å². The van der Waals surface area contributed by atoms with Crippen molar-refractivity contribution in [3.63, 3.8) is 0 Å². The van der Waals surface area contributed by atoms with Crippen LogP contribution in [0.4, 0.5) is 0 Å². The molecule has 0 bridgehead atoms. The lowest BCUT2D eigenvalue weighted by Crippen LogP contribution is -2.40. The van der Waals surface area contributed by atoms with Crippen LogP contribution in [-0.4, -0.2) is 34.9 Å². The summed E-state index contributed by atoms with van der Waals surface area (Å²) in [4.78, 5) is 13.6. The predicted octanol–water partition coefficient (Wildman–Crippen LogP) is 0.381. The van der Waals surface area contributed by atoms with E-state index in [1.807, 2.05) is 6.92 Å². The Bertz CT molecular complexity index is 234. The third kappa shape index (κ3) is 2.16. The van der Waals surface area contributed by atoms with Crippen LogP contribution < -0.4 is 5.73 Å². The number of hydrogen-bond donors (Lipinski definition) is 2. The molecule has 1 rings (SSSR count). The van der Waals surface area contributed by atoms with E-state index >= 15 is 0 Å². The van der Waals surface area contributed by atoms with Gasteiger partial charge in [0.25, 0.3) is 0 Å². The third-order valence-corrected chi connectivity index (χ3v) is 2.60. The Morgan fingerprint density at radius 3 is 2.57 bits per heavy atom. The molecule has 1 aliphatic rings. The van der Waals surface area contributed by atoms with E-state index < -0.39 is 5.92 Å². The standard InChI is InChI=1S/C9H17N3O2/c1-2-7(8(10)11-14)9(13)12-5-3-4-6-12/h7,14H,2-6H2,1H3,(H2,10,11). The molecule has 1 saturated heterocycles. The highest BCUT2D eigenvalue weighted by molar-refractivity contribution is 6.02. The summed E-state index contributed by atoms with van der Waals surface area (Å²) in [5.41, 5.74) is 5.45. The molecule has 1 unspecified atom stereocenters. The van der Waals surface area contributed by atoms with Crippen molar-refractivity contribution < 1.29 is 10.0 Å². The van der Waals surface area contributed by atoms with Crippen molar-refractivity contribution in [2.45, 2.75) is 26.2 Å². The molecule has 80 valence electrons. The fourth-order valence-corrected chi connectivity index (χ4v) is 1.74. The molecule has 0 aromatic heterocycles. The Morgan fingerprint density at radius 2 is 2.14 bits per heavy atom. The predicted molar refractivity (Wildman–Crippen MR) is 53.0 cm³/mol. The van der Waals surface area contributed by atoms with Gasteiger partial charge in [0, 0.05) is 13.1 Å². The number of carbonyl (C=O) groups is 1. The molecule has 5 heteroatoms. The van der Waals surface area contributed by atoms with Crippen molar-refractivity contribution in [1.29, 1.82) is 0 Å².